The molecule has 0 saturated carbocycles. The molecule has 0 bridgehead atoms. The van der Waals surface area contributed by atoms with E-state index in [0.717, 1.165) is 71.3 Å². The standard InChI is InChI=1S/C32H30O2S2/c1-3-5-23-33-27-13-7-25(8-14-27)11-17-29-19-21-31(35-29)32-22-20-30(36-32)18-12-26-9-15-28(16-10-26)34-24-6-4-2/h7-10,13-16,19-22H,3-6,23-24H2,1-2H3. The zero-order valence-corrected chi connectivity index (χ0v) is 22.4. The van der Waals surface area contributed by atoms with Crippen LogP contribution in [-0.2, 0) is 0 Å². The van der Waals surface area contributed by atoms with Crippen LogP contribution in [0.5, 0.6) is 11.5 Å². The number of benzene rings is 2. The number of hydrogen-bond donors (Lipinski definition) is 0. The van der Waals surface area contributed by atoms with Gasteiger partial charge in [-0.3, -0.25) is 0 Å². The number of rotatable bonds is 9. The van der Waals surface area contributed by atoms with Crippen LogP contribution in [0.1, 0.15) is 60.4 Å². The predicted molar refractivity (Wildman–Crippen MR) is 153 cm³/mol. The lowest BCUT2D eigenvalue weighted by Gasteiger charge is -2.04. The summed E-state index contributed by atoms with van der Waals surface area (Å²) in [6, 6.07) is 24.5. The summed E-state index contributed by atoms with van der Waals surface area (Å²) in [6.07, 6.45) is 4.42. The molecule has 2 heterocycles. The molecule has 0 fully saturated rings. The second-order valence-corrected chi connectivity index (χ2v) is 10.4. The Kier molecular flexibility index (Phi) is 9.69. The highest BCUT2D eigenvalue weighted by molar-refractivity contribution is 7.22. The molecule has 182 valence electrons. The summed E-state index contributed by atoms with van der Waals surface area (Å²) in [5.74, 6) is 14.9. The third kappa shape index (κ3) is 7.79. The summed E-state index contributed by atoms with van der Waals surface area (Å²) in [4.78, 5) is 4.53. The molecule has 0 aliphatic rings. The second kappa shape index (κ2) is 13.6. The van der Waals surface area contributed by atoms with Gasteiger partial charge in [-0.05, 0) is 85.6 Å². The summed E-state index contributed by atoms with van der Waals surface area (Å²) in [5.41, 5.74) is 1.98. The largest absolute Gasteiger partial charge is 0.494 e. The average Bonchev–Trinajstić information content (AvgIpc) is 3.58. The maximum absolute atomic E-state index is 5.72. The van der Waals surface area contributed by atoms with Crippen molar-refractivity contribution in [3.05, 3.63) is 93.7 Å². The van der Waals surface area contributed by atoms with E-state index in [0.29, 0.717) is 0 Å². The first kappa shape index (κ1) is 25.6. The van der Waals surface area contributed by atoms with Crippen molar-refractivity contribution in [1.29, 1.82) is 0 Å². The minimum atomic E-state index is 0.761. The van der Waals surface area contributed by atoms with Crippen LogP contribution in [0.15, 0.2) is 72.8 Å². The van der Waals surface area contributed by atoms with E-state index in [2.05, 4.69) is 61.8 Å². The normalized spacial score (nSPS) is 10.2. The van der Waals surface area contributed by atoms with Crippen LogP contribution in [-0.4, -0.2) is 13.2 Å². The molecule has 2 aromatic heterocycles. The van der Waals surface area contributed by atoms with Gasteiger partial charge in [0.15, 0.2) is 0 Å². The fraction of sp³-hybridized carbons (Fsp3) is 0.250. The third-order valence-electron chi connectivity index (χ3n) is 5.36. The fourth-order valence-corrected chi connectivity index (χ4v) is 5.09. The van der Waals surface area contributed by atoms with E-state index < -0.39 is 0 Å². The average molecular weight is 511 g/mol. The Labute approximate surface area is 222 Å². The van der Waals surface area contributed by atoms with Crippen molar-refractivity contribution in [3.63, 3.8) is 0 Å². The van der Waals surface area contributed by atoms with Crippen molar-refractivity contribution in [2.24, 2.45) is 0 Å². The molecule has 0 atom stereocenters. The SMILES string of the molecule is CCCCOc1ccc(C#Cc2ccc(-c3ccc(C#Cc4ccc(OCCCC)cc4)s3)s2)cc1. The molecule has 0 amide bonds. The van der Waals surface area contributed by atoms with Crippen LogP contribution in [0.2, 0.25) is 0 Å². The quantitative estimate of drug-likeness (QED) is 0.166. The van der Waals surface area contributed by atoms with Crippen molar-refractivity contribution >= 4 is 22.7 Å². The maximum Gasteiger partial charge on any atom is 0.119 e. The van der Waals surface area contributed by atoms with Crippen molar-refractivity contribution in [2.75, 3.05) is 13.2 Å². The molecule has 0 aliphatic heterocycles. The van der Waals surface area contributed by atoms with Crippen LogP contribution in [0, 0.1) is 23.7 Å². The van der Waals surface area contributed by atoms with Gasteiger partial charge in [0.25, 0.3) is 0 Å². The summed E-state index contributed by atoms with van der Waals surface area (Å²) >= 11 is 3.42. The Hall–Kier alpha value is -3.44. The molecule has 4 heteroatoms. The van der Waals surface area contributed by atoms with Crippen LogP contribution >= 0.6 is 22.7 Å². The highest BCUT2D eigenvalue weighted by Crippen LogP contribution is 2.33. The Morgan fingerprint density at radius 3 is 1.33 bits per heavy atom. The number of ether oxygens (including phenoxy) is 2. The first-order valence-electron chi connectivity index (χ1n) is 12.4. The minimum absolute atomic E-state index is 0.761. The summed E-state index contributed by atoms with van der Waals surface area (Å²) in [7, 11) is 0. The predicted octanol–water partition coefficient (Wildman–Crippen LogP) is 8.63. The first-order chi connectivity index (χ1) is 17.7. The highest BCUT2D eigenvalue weighted by atomic mass is 32.1. The fourth-order valence-electron chi connectivity index (χ4n) is 3.28. The van der Waals surface area contributed by atoms with E-state index in [9.17, 15) is 0 Å². The Balaban J connectivity index is 1.35. The lowest BCUT2D eigenvalue weighted by molar-refractivity contribution is 0.309. The molecule has 0 radical (unpaired) electrons. The van der Waals surface area contributed by atoms with Gasteiger partial charge in [0.2, 0.25) is 0 Å². The molecule has 0 saturated heterocycles. The van der Waals surface area contributed by atoms with Gasteiger partial charge >= 0.3 is 0 Å². The Morgan fingerprint density at radius 2 is 0.944 bits per heavy atom. The van der Waals surface area contributed by atoms with Gasteiger partial charge < -0.3 is 9.47 Å². The maximum atomic E-state index is 5.72. The van der Waals surface area contributed by atoms with Gasteiger partial charge in [0.1, 0.15) is 11.5 Å². The second-order valence-electron chi connectivity index (χ2n) is 8.28. The zero-order chi connectivity index (χ0) is 25.0. The molecule has 36 heavy (non-hydrogen) atoms. The van der Waals surface area contributed by atoms with Gasteiger partial charge in [-0.2, -0.15) is 0 Å². The van der Waals surface area contributed by atoms with Crippen LogP contribution in [0.25, 0.3) is 9.75 Å². The lowest BCUT2D eigenvalue weighted by atomic mass is 10.2. The summed E-state index contributed by atoms with van der Waals surface area (Å²) in [5, 5.41) is 0. The molecule has 0 spiro atoms. The Bertz CT molecular complexity index is 1250. The monoisotopic (exact) mass is 510 g/mol. The van der Waals surface area contributed by atoms with Crippen LogP contribution in [0.3, 0.4) is 0 Å². The molecular formula is C32H30O2S2. The molecule has 4 aromatic rings. The molecule has 0 unspecified atom stereocenters. The molecule has 0 N–H and O–H groups in total. The topological polar surface area (TPSA) is 18.5 Å². The zero-order valence-electron chi connectivity index (χ0n) is 20.8. The van der Waals surface area contributed by atoms with E-state index in [4.69, 9.17) is 9.47 Å². The number of thiophene rings is 2. The summed E-state index contributed by atoms with van der Waals surface area (Å²) < 4.78 is 11.4. The molecule has 0 aliphatic carbocycles. The molecule has 2 nitrogen and oxygen atoms in total. The summed E-state index contributed by atoms with van der Waals surface area (Å²) in [6.45, 7) is 5.85. The smallest absolute Gasteiger partial charge is 0.119 e. The van der Waals surface area contributed by atoms with Crippen LogP contribution in [0.4, 0.5) is 0 Å². The van der Waals surface area contributed by atoms with Gasteiger partial charge in [0, 0.05) is 20.9 Å². The third-order valence-corrected chi connectivity index (χ3v) is 7.55. The van der Waals surface area contributed by atoms with Crippen molar-refractivity contribution < 1.29 is 9.47 Å². The van der Waals surface area contributed by atoms with Crippen molar-refractivity contribution in [2.45, 2.75) is 39.5 Å². The highest BCUT2D eigenvalue weighted by Gasteiger charge is 2.05. The van der Waals surface area contributed by atoms with E-state index in [-0.39, 0.29) is 0 Å². The van der Waals surface area contributed by atoms with Gasteiger partial charge in [-0.25, -0.2) is 0 Å². The number of unbranched alkanes of at least 4 members (excludes halogenated alkanes) is 2. The lowest BCUT2D eigenvalue weighted by Crippen LogP contribution is -1.95. The van der Waals surface area contributed by atoms with E-state index in [1.54, 1.807) is 22.7 Å². The van der Waals surface area contributed by atoms with Gasteiger partial charge in [-0.15, -0.1) is 22.7 Å². The van der Waals surface area contributed by atoms with E-state index >= 15 is 0 Å². The minimum Gasteiger partial charge on any atom is -0.494 e. The Morgan fingerprint density at radius 1 is 0.528 bits per heavy atom. The van der Waals surface area contributed by atoms with E-state index in [1.807, 2.05) is 48.5 Å². The van der Waals surface area contributed by atoms with E-state index in [1.165, 1.54) is 9.75 Å². The van der Waals surface area contributed by atoms with Gasteiger partial charge in [-0.1, -0.05) is 50.4 Å². The van der Waals surface area contributed by atoms with Crippen molar-refractivity contribution in [3.8, 4) is 44.9 Å². The first-order valence-corrected chi connectivity index (χ1v) is 14.1. The van der Waals surface area contributed by atoms with Crippen LogP contribution < -0.4 is 9.47 Å². The molecular weight excluding hydrogens is 480 g/mol. The van der Waals surface area contributed by atoms with Crippen molar-refractivity contribution in [1.82, 2.24) is 0 Å². The molecule has 4 rings (SSSR count). The molecule has 2 aromatic carbocycles. The van der Waals surface area contributed by atoms with Gasteiger partial charge in [0.05, 0.1) is 23.0 Å². The number of hydrogen-bond acceptors (Lipinski definition) is 4.